The molecule has 5 rings (SSSR count). The number of ether oxygens (including phenoxy) is 5. The molecule has 3 fully saturated rings. The van der Waals surface area contributed by atoms with Crippen molar-refractivity contribution < 1.29 is 62.7 Å². The van der Waals surface area contributed by atoms with Crippen LogP contribution in [-0.2, 0) is 38.2 Å². The van der Waals surface area contributed by atoms with Gasteiger partial charge in [-0.1, -0.05) is 31.6 Å². The van der Waals surface area contributed by atoms with Crippen molar-refractivity contribution >= 4 is 35.7 Å². The molecule has 0 unspecified atom stereocenters. The lowest BCUT2D eigenvalue weighted by molar-refractivity contribution is -0.754. The van der Waals surface area contributed by atoms with Crippen molar-refractivity contribution in [1.29, 1.82) is 0 Å². The highest BCUT2D eigenvalue weighted by Crippen LogP contribution is 2.68. The van der Waals surface area contributed by atoms with E-state index in [2.05, 4.69) is 4.84 Å². The van der Waals surface area contributed by atoms with Gasteiger partial charge in [-0.15, -0.1) is 10.1 Å². The van der Waals surface area contributed by atoms with Gasteiger partial charge in [0.15, 0.2) is 36.1 Å². The smallest absolute Gasteiger partial charge is 0.493 e. The number of rotatable bonds is 12. The SMILES string of the molecule is CCOC(=O)O[C@]1(C(=O)COC(=O)/C=C/c2ccc(OC(=O)CO[N+](=O)[O-])c(OC)c2)CC[C@H]2[C@@H]3CCC4=CC(=O)C=C[C@]4(C)[C@H]3[C@@H](O)C[C@@]21C. The lowest BCUT2D eigenvalue weighted by Gasteiger charge is -2.59. The first-order chi connectivity index (χ1) is 24.2. The van der Waals surface area contributed by atoms with Gasteiger partial charge < -0.3 is 33.6 Å². The minimum absolute atomic E-state index is 0.0130. The molecule has 0 radical (unpaired) electrons. The topological polar surface area (TPSA) is 204 Å². The summed E-state index contributed by atoms with van der Waals surface area (Å²) in [5.74, 6) is -2.94. The van der Waals surface area contributed by atoms with E-state index in [1.807, 2.05) is 19.9 Å². The van der Waals surface area contributed by atoms with Crippen LogP contribution in [0.25, 0.3) is 6.08 Å². The predicted molar refractivity (Wildman–Crippen MR) is 175 cm³/mol. The molecule has 1 aromatic carbocycles. The third-order valence-electron chi connectivity index (χ3n) is 11.0. The van der Waals surface area contributed by atoms with Crippen LogP contribution in [-0.4, -0.2) is 78.5 Å². The number of allylic oxidation sites excluding steroid dienone is 4. The van der Waals surface area contributed by atoms with E-state index in [0.29, 0.717) is 24.8 Å². The van der Waals surface area contributed by atoms with Crippen LogP contribution in [0.5, 0.6) is 11.5 Å². The summed E-state index contributed by atoms with van der Waals surface area (Å²) >= 11 is 0. The lowest BCUT2D eigenvalue weighted by atomic mass is 9.46. The van der Waals surface area contributed by atoms with E-state index in [1.54, 1.807) is 19.1 Å². The molecule has 7 atom stereocenters. The number of carbonyl (C=O) groups is 5. The van der Waals surface area contributed by atoms with Crippen LogP contribution in [0.2, 0.25) is 0 Å². The minimum atomic E-state index is -1.74. The Labute approximate surface area is 293 Å². The summed E-state index contributed by atoms with van der Waals surface area (Å²) in [6.07, 6.45) is 7.79. The minimum Gasteiger partial charge on any atom is -0.493 e. The van der Waals surface area contributed by atoms with Gasteiger partial charge in [-0.2, -0.15) is 0 Å². The summed E-state index contributed by atoms with van der Waals surface area (Å²) in [5.41, 5.74) is -1.87. The molecule has 0 amide bonds. The van der Waals surface area contributed by atoms with Crippen LogP contribution >= 0.6 is 0 Å². The number of carbonyl (C=O) groups excluding carboxylic acids is 5. The predicted octanol–water partition coefficient (Wildman–Crippen LogP) is 4.13. The Bertz CT molecular complexity index is 1700. The van der Waals surface area contributed by atoms with Crippen molar-refractivity contribution in [2.45, 2.75) is 64.6 Å². The van der Waals surface area contributed by atoms with Crippen molar-refractivity contribution in [3.8, 4) is 11.5 Å². The first-order valence-corrected chi connectivity index (χ1v) is 16.7. The fraction of sp³-hybridized carbons (Fsp3) is 0.528. The maximum Gasteiger partial charge on any atom is 0.509 e. The number of aliphatic hydroxyl groups excluding tert-OH is 1. The summed E-state index contributed by atoms with van der Waals surface area (Å²) in [6, 6.07) is 4.26. The molecule has 4 aliphatic carbocycles. The second-order valence-electron chi connectivity index (χ2n) is 13.6. The fourth-order valence-corrected chi connectivity index (χ4v) is 8.88. The standard InChI is InChI=1S/C36H41NO14/c1-5-47-33(43)51-36(15-13-25-24-9-8-22-17-23(38)12-14-34(22,2)32(24)26(39)18-35(25,36)3)29(40)19-48-30(41)11-7-21-6-10-27(28(16-21)46-4)50-31(42)20-49-37(44)45/h6-7,10-12,14,16-17,24-26,32,39H,5,8-9,13,15,18-20H2,1-4H3/b11-7+/t24-,25-,26-,32+,34-,35-,36-/m0/s1. The third kappa shape index (κ3) is 7.12. The second-order valence-corrected chi connectivity index (χ2v) is 13.6. The molecule has 0 spiro atoms. The molecule has 51 heavy (non-hydrogen) atoms. The van der Waals surface area contributed by atoms with Gasteiger partial charge in [-0.25, -0.2) is 14.4 Å². The summed E-state index contributed by atoms with van der Waals surface area (Å²) < 4.78 is 26.6. The van der Waals surface area contributed by atoms with E-state index in [-0.39, 0.29) is 54.5 Å². The zero-order chi connectivity index (χ0) is 37.1. The van der Waals surface area contributed by atoms with Crippen LogP contribution in [0, 0.1) is 38.7 Å². The molecular weight excluding hydrogens is 670 g/mol. The van der Waals surface area contributed by atoms with Gasteiger partial charge in [0, 0.05) is 22.8 Å². The number of nitrogens with zero attached hydrogens (tertiary/aromatic N) is 1. The quantitative estimate of drug-likeness (QED) is 0.107. The van der Waals surface area contributed by atoms with Crippen LogP contribution in [0.4, 0.5) is 4.79 Å². The highest BCUT2D eigenvalue weighted by Gasteiger charge is 2.70. The van der Waals surface area contributed by atoms with Crippen molar-refractivity contribution in [3.63, 3.8) is 0 Å². The van der Waals surface area contributed by atoms with Gasteiger partial charge >= 0.3 is 18.1 Å². The van der Waals surface area contributed by atoms with Crippen LogP contribution < -0.4 is 9.47 Å². The summed E-state index contributed by atoms with van der Waals surface area (Å²) in [4.78, 5) is 78.1. The van der Waals surface area contributed by atoms with Crippen LogP contribution in [0.1, 0.15) is 58.4 Å². The number of esters is 2. The van der Waals surface area contributed by atoms with E-state index in [4.69, 9.17) is 23.7 Å². The van der Waals surface area contributed by atoms with Crippen LogP contribution in [0.3, 0.4) is 0 Å². The Morgan fingerprint density at radius 2 is 1.86 bits per heavy atom. The van der Waals surface area contributed by atoms with Gasteiger partial charge in [0.05, 0.1) is 19.8 Å². The Morgan fingerprint density at radius 1 is 1.10 bits per heavy atom. The number of methoxy groups -OCH3 is 1. The first kappa shape index (κ1) is 37.2. The number of benzene rings is 1. The van der Waals surface area contributed by atoms with Gasteiger partial charge in [-0.3, -0.25) is 9.59 Å². The molecule has 0 aliphatic heterocycles. The molecule has 0 bridgehead atoms. The van der Waals surface area contributed by atoms with Gasteiger partial charge in [0.1, 0.15) is 0 Å². The number of ketones is 2. The molecule has 4 aliphatic rings. The van der Waals surface area contributed by atoms with E-state index >= 15 is 0 Å². The largest absolute Gasteiger partial charge is 0.509 e. The fourth-order valence-electron chi connectivity index (χ4n) is 8.88. The van der Waals surface area contributed by atoms with E-state index in [0.717, 1.165) is 11.6 Å². The molecule has 15 nitrogen and oxygen atoms in total. The molecule has 274 valence electrons. The Kier molecular flexibility index (Phi) is 10.7. The van der Waals surface area contributed by atoms with Gasteiger partial charge in [0.2, 0.25) is 5.78 Å². The summed E-state index contributed by atoms with van der Waals surface area (Å²) in [5, 5.41) is 21.0. The summed E-state index contributed by atoms with van der Waals surface area (Å²) in [6.45, 7) is 3.87. The monoisotopic (exact) mass is 711 g/mol. The lowest BCUT2D eigenvalue weighted by Crippen LogP contribution is -2.63. The van der Waals surface area contributed by atoms with Crippen molar-refractivity contribution in [2.24, 2.45) is 28.6 Å². The molecule has 1 N–H and O–H groups in total. The normalized spacial score (nSPS) is 30.6. The molecule has 1 aromatic rings. The molecular formula is C36H41NO14. The number of fused-ring (bicyclic) bond motifs is 5. The first-order valence-electron chi connectivity index (χ1n) is 16.7. The van der Waals surface area contributed by atoms with Gasteiger partial charge in [-0.05, 0) is 86.8 Å². The van der Waals surface area contributed by atoms with Crippen LogP contribution in [0.15, 0.2) is 48.1 Å². The van der Waals surface area contributed by atoms with E-state index in [1.165, 1.54) is 31.4 Å². The summed E-state index contributed by atoms with van der Waals surface area (Å²) in [7, 11) is 1.30. The third-order valence-corrected chi connectivity index (χ3v) is 11.0. The highest BCUT2D eigenvalue weighted by atomic mass is 17.0. The van der Waals surface area contributed by atoms with Crippen molar-refractivity contribution in [3.05, 3.63) is 63.8 Å². The average Bonchev–Trinajstić information content (AvgIpc) is 3.37. The highest BCUT2D eigenvalue weighted by molar-refractivity contribution is 6.01. The molecule has 0 heterocycles. The molecule has 3 saturated carbocycles. The number of aliphatic hydroxyl groups is 1. The molecule has 15 heteroatoms. The zero-order valence-corrected chi connectivity index (χ0v) is 28.8. The van der Waals surface area contributed by atoms with E-state index < -0.39 is 64.7 Å². The Balaban J connectivity index is 1.31. The maximum atomic E-state index is 14.2. The van der Waals surface area contributed by atoms with Gasteiger partial charge in [0.25, 0.3) is 5.09 Å². The van der Waals surface area contributed by atoms with E-state index in [9.17, 15) is 39.2 Å². The molecule has 0 saturated heterocycles. The van der Waals surface area contributed by atoms with Crippen molar-refractivity contribution in [1.82, 2.24) is 0 Å². The Hall–Kier alpha value is -5.05. The number of hydrogen-bond acceptors (Lipinski definition) is 14. The number of hydrogen-bond donors (Lipinski definition) is 1. The Morgan fingerprint density at radius 3 is 2.57 bits per heavy atom. The number of Topliss-reactive ketones (excluding diaryl/α,β-unsaturated/α-hetero) is 1. The van der Waals surface area contributed by atoms with Crippen molar-refractivity contribution in [2.75, 3.05) is 26.9 Å². The maximum absolute atomic E-state index is 14.2. The second kappa shape index (κ2) is 14.7. The zero-order valence-electron chi connectivity index (χ0n) is 28.8. The average molecular weight is 712 g/mol. The molecule has 0 aromatic heterocycles.